The van der Waals surface area contributed by atoms with Crippen LogP contribution in [0.1, 0.15) is 78.9 Å². The van der Waals surface area contributed by atoms with Crippen molar-refractivity contribution in [3.8, 4) is 0 Å². The molecule has 0 saturated carbocycles. The summed E-state index contributed by atoms with van der Waals surface area (Å²) in [7, 11) is -10.1. The smallest absolute Gasteiger partial charge is 0.464 e. The summed E-state index contributed by atoms with van der Waals surface area (Å²) in [5, 5.41) is 23.5. The van der Waals surface area contributed by atoms with E-state index in [1.165, 1.54) is 6.92 Å². The molecule has 0 bridgehead atoms. The number of H-pyrrole nitrogens is 1. The number of rotatable bonds is 21. The standard InChI is InChI=1S/C27H46N6O13P2/c1-5-9-17(10-6-2)13-42-26(38)16(4)32-47(39,43-12-8-11-18(34)7-3)46-48(40,41)44-14-19-21(35)22(36)25(45-19)33-15-29-20-23(33)30-27(28)31-24(20)37/h15-17,19,21-22,25,35-36H,5-14H2,1-4H3,(H,32,39)(H,40,41)(H3,28,30,31,37)/t16-,19+,21+,22+,25+,47?/m0/s1. The number of imidazole rings is 1. The van der Waals surface area contributed by atoms with Gasteiger partial charge >= 0.3 is 21.5 Å². The van der Waals surface area contributed by atoms with Crippen LogP contribution in [0, 0.1) is 5.92 Å². The van der Waals surface area contributed by atoms with Crippen LogP contribution >= 0.6 is 15.6 Å². The first-order valence-electron chi connectivity index (χ1n) is 15.8. The van der Waals surface area contributed by atoms with Crippen LogP contribution in [0.15, 0.2) is 11.1 Å². The summed E-state index contributed by atoms with van der Waals surface area (Å²) in [5.74, 6) is -0.997. The molecule has 1 fully saturated rings. The number of esters is 1. The summed E-state index contributed by atoms with van der Waals surface area (Å²) >= 11 is 0. The fourth-order valence-electron chi connectivity index (χ4n) is 5.01. The number of nitrogens with one attached hydrogen (secondary N) is 2. The van der Waals surface area contributed by atoms with Crippen LogP contribution in [-0.4, -0.2) is 90.6 Å². The third-order valence-corrected chi connectivity index (χ3v) is 10.9. The molecule has 0 amide bonds. The Labute approximate surface area is 277 Å². The predicted octanol–water partition coefficient (Wildman–Crippen LogP) is 2.08. The molecule has 2 aromatic heterocycles. The molecule has 1 aliphatic heterocycles. The van der Waals surface area contributed by atoms with Gasteiger partial charge in [-0.1, -0.05) is 33.6 Å². The maximum Gasteiger partial charge on any atom is 0.480 e. The van der Waals surface area contributed by atoms with Crippen molar-refractivity contribution in [3.63, 3.8) is 0 Å². The van der Waals surface area contributed by atoms with E-state index in [9.17, 15) is 38.6 Å². The largest absolute Gasteiger partial charge is 0.480 e. The van der Waals surface area contributed by atoms with Gasteiger partial charge in [-0.05, 0) is 32.1 Å². The molecule has 3 rings (SSSR count). The van der Waals surface area contributed by atoms with E-state index in [4.69, 9.17) is 28.6 Å². The van der Waals surface area contributed by atoms with Crippen LogP contribution in [0.5, 0.6) is 0 Å². The van der Waals surface area contributed by atoms with Gasteiger partial charge in [-0.25, -0.2) is 19.2 Å². The summed E-state index contributed by atoms with van der Waals surface area (Å²) < 4.78 is 54.0. The van der Waals surface area contributed by atoms with E-state index < -0.39 is 64.3 Å². The normalized spacial score (nSPS) is 22.8. The number of anilines is 1. The lowest BCUT2D eigenvalue weighted by molar-refractivity contribution is -0.146. The highest BCUT2D eigenvalue weighted by molar-refractivity contribution is 7.63. The van der Waals surface area contributed by atoms with Gasteiger partial charge in [0, 0.05) is 12.8 Å². The molecule has 2 unspecified atom stereocenters. The average Bonchev–Trinajstić information content (AvgIpc) is 3.56. The highest BCUT2D eigenvalue weighted by Gasteiger charge is 2.46. The molecular formula is C27H46N6O13P2. The van der Waals surface area contributed by atoms with Crippen LogP contribution in [-0.2, 0) is 41.6 Å². The van der Waals surface area contributed by atoms with Gasteiger partial charge < -0.3 is 30.3 Å². The van der Waals surface area contributed by atoms with Gasteiger partial charge in [0.1, 0.15) is 30.1 Å². The molecule has 3 heterocycles. The molecule has 0 aliphatic carbocycles. The molecule has 0 aromatic carbocycles. The first-order chi connectivity index (χ1) is 22.6. The summed E-state index contributed by atoms with van der Waals surface area (Å²) in [6.07, 6.45) is -1.05. The van der Waals surface area contributed by atoms with E-state index in [1.54, 1.807) is 6.92 Å². The number of Topliss-reactive ketones (excluding diaryl/α,β-unsaturated/α-hetero) is 1. The molecule has 0 spiro atoms. The summed E-state index contributed by atoms with van der Waals surface area (Å²) in [5.41, 5.74) is 4.77. The van der Waals surface area contributed by atoms with Crippen LogP contribution in [0.2, 0.25) is 0 Å². The van der Waals surface area contributed by atoms with Crippen molar-refractivity contribution >= 4 is 44.4 Å². The van der Waals surface area contributed by atoms with Gasteiger partial charge in [-0.2, -0.15) is 9.29 Å². The van der Waals surface area contributed by atoms with Gasteiger partial charge in [-0.3, -0.25) is 33.0 Å². The molecule has 0 radical (unpaired) electrons. The Bertz CT molecular complexity index is 1530. The minimum absolute atomic E-state index is 0.0612. The number of fused-ring (bicyclic) bond motifs is 1. The first kappa shape index (κ1) is 39.9. The Hall–Kier alpha value is -2.57. The highest BCUT2D eigenvalue weighted by Crippen LogP contribution is 2.61. The first-order valence-corrected chi connectivity index (χ1v) is 18.8. The molecule has 19 nitrogen and oxygen atoms in total. The second-order valence-electron chi connectivity index (χ2n) is 11.4. The van der Waals surface area contributed by atoms with E-state index in [2.05, 4.69) is 20.0 Å². The monoisotopic (exact) mass is 724 g/mol. The zero-order valence-corrected chi connectivity index (χ0v) is 29.1. The number of nitrogen functional groups attached to an aromatic ring is 1. The van der Waals surface area contributed by atoms with E-state index in [0.717, 1.165) is 36.6 Å². The number of phosphoric acid groups is 1. The number of nitrogens with two attached hydrogens (primary N) is 1. The fraction of sp³-hybridized carbons (Fsp3) is 0.741. The fourth-order valence-corrected chi connectivity index (χ4v) is 8.02. The number of carbonyl (C=O) groups is 2. The van der Waals surface area contributed by atoms with Gasteiger partial charge in [0.15, 0.2) is 17.4 Å². The van der Waals surface area contributed by atoms with Crippen LogP contribution in [0.25, 0.3) is 11.2 Å². The number of aliphatic hydroxyl groups excluding tert-OH is 2. The Morgan fingerprint density at radius 2 is 1.85 bits per heavy atom. The van der Waals surface area contributed by atoms with E-state index >= 15 is 0 Å². The molecule has 7 atom stereocenters. The molecule has 2 aromatic rings. The number of phosphoric ester groups is 1. The van der Waals surface area contributed by atoms with E-state index in [1.807, 2.05) is 13.8 Å². The van der Waals surface area contributed by atoms with Crippen molar-refractivity contribution in [2.24, 2.45) is 5.92 Å². The topological polar surface area (TPSA) is 277 Å². The lowest BCUT2D eigenvalue weighted by Gasteiger charge is -2.25. The zero-order chi connectivity index (χ0) is 35.6. The molecule has 1 aliphatic rings. The number of aliphatic hydroxyl groups is 2. The van der Waals surface area contributed by atoms with Gasteiger partial charge in [-0.15, -0.1) is 0 Å². The number of ether oxygens (including phenoxy) is 2. The summed E-state index contributed by atoms with van der Waals surface area (Å²) in [4.78, 5) is 57.2. The second-order valence-corrected chi connectivity index (χ2v) is 14.8. The summed E-state index contributed by atoms with van der Waals surface area (Å²) in [6.45, 7) is 5.94. The van der Waals surface area contributed by atoms with Crippen molar-refractivity contribution in [3.05, 3.63) is 16.7 Å². The molecule has 1 saturated heterocycles. The van der Waals surface area contributed by atoms with Gasteiger partial charge in [0.2, 0.25) is 5.95 Å². The zero-order valence-electron chi connectivity index (χ0n) is 27.4. The lowest BCUT2D eigenvalue weighted by atomic mass is 9.99. The Kier molecular flexibility index (Phi) is 14.9. The number of hydrogen-bond acceptors (Lipinski definition) is 15. The quantitative estimate of drug-likeness (QED) is 0.0610. The Morgan fingerprint density at radius 3 is 2.50 bits per heavy atom. The van der Waals surface area contributed by atoms with Crippen molar-refractivity contribution in [1.29, 1.82) is 0 Å². The van der Waals surface area contributed by atoms with E-state index in [-0.39, 0.29) is 61.3 Å². The maximum atomic E-state index is 13.7. The number of nitrogens with zero attached hydrogens (tertiary/aromatic N) is 3. The second kappa shape index (κ2) is 17.9. The van der Waals surface area contributed by atoms with E-state index in [0.29, 0.717) is 0 Å². The van der Waals surface area contributed by atoms with Crippen LogP contribution in [0.4, 0.5) is 5.95 Å². The van der Waals surface area contributed by atoms with Gasteiger partial charge in [0.25, 0.3) is 5.56 Å². The molecule has 7 N–H and O–H groups in total. The van der Waals surface area contributed by atoms with Crippen LogP contribution in [0.3, 0.4) is 0 Å². The number of ketones is 1. The van der Waals surface area contributed by atoms with Crippen molar-refractivity contribution in [2.45, 2.75) is 103 Å². The molecule has 272 valence electrons. The number of carbonyl (C=O) groups excluding carboxylic acids is 2. The Morgan fingerprint density at radius 1 is 1.17 bits per heavy atom. The SMILES string of the molecule is CCCC(CCC)COC(=O)[C@H](C)NP(=O)(OCCCC(=O)CC)OP(=O)(O)OC[C@H]1O[C@@H](n2cnc3c(=O)[nH]c(N)nc32)[C@H](O)[C@@H]1O. The van der Waals surface area contributed by atoms with Crippen molar-refractivity contribution in [2.75, 3.05) is 25.6 Å². The number of hydrogen-bond donors (Lipinski definition) is 6. The Balaban J connectivity index is 1.68. The van der Waals surface area contributed by atoms with Gasteiger partial charge in [0.05, 0.1) is 26.1 Å². The van der Waals surface area contributed by atoms with Crippen molar-refractivity contribution < 1.29 is 56.7 Å². The van der Waals surface area contributed by atoms with Crippen molar-refractivity contribution in [1.82, 2.24) is 24.6 Å². The molecule has 48 heavy (non-hydrogen) atoms. The third kappa shape index (κ3) is 11.0. The average molecular weight is 725 g/mol. The van der Waals surface area contributed by atoms with Crippen LogP contribution < -0.4 is 16.4 Å². The highest BCUT2D eigenvalue weighted by atomic mass is 31.3. The number of aromatic amines is 1. The molecular weight excluding hydrogens is 678 g/mol. The molecule has 21 heteroatoms. The maximum absolute atomic E-state index is 13.7. The predicted molar refractivity (Wildman–Crippen MR) is 170 cm³/mol. The minimum Gasteiger partial charge on any atom is -0.464 e. The lowest BCUT2D eigenvalue weighted by Crippen LogP contribution is -2.35. The number of aromatic nitrogens is 4. The third-order valence-electron chi connectivity index (χ3n) is 7.49. The summed E-state index contributed by atoms with van der Waals surface area (Å²) in [6, 6.07) is -1.31. The minimum atomic E-state index is -5.29.